The average molecular weight is 300 g/mol. The molecule has 0 unspecified atom stereocenters. The number of thiophene rings is 1. The summed E-state index contributed by atoms with van der Waals surface area (Å²) in [4.78, 5) is 6.05. The molecule has 0 radical (unpaired) electrons. The molecule has 0 aliphatic carbocycles. The number of aryl methyl sites for hydroxylation is 1. The van der Waals surface area contributed by atoms with Gasteiger partial charge in [-0.2, -0.15) is 0 Å². The summed E-state index contributed by atoms with van der Waals surface area (Å²) < 4.78 is 0. The van der Waals surface area contributed by atoms with Gasteiger partial charge in [-0.15, -0.1) is 22.7 Å². The van der Waals surface area contributed by atoms with Gasteiger partial charge < -0.3 is 5.32 Å². The Balaban J connectivity index is 1.60. The van der Waals surface area contributed by atoms with Crippen molar-refractivity contribution < 1.29 is 0 Å². The molecule has 102 valence electrons. The summed E-state index contributed by atoms with van der Waals surface area (Å²) >= 11 is 3.49. The number of hydrogen-bond acceptors (Lipinski definition) is 4. The van der Waals surface area contributed by atoms with E-state index in [1.165, 1.54) is 16.0 Å². The predicted octanol–water partition coefficient (Wildman–Crippen LogP) is 4.47. The molecule has 0 aliphatic heterocycles. The zero-order valence-electron chi connectivity index (χ0n) is 11.3. The van der Waals surface area contributed by atoms with Crippen LogP contribution in [0, 0.1) is 6.92 Å². The second-order valence-electron chi connectivity index (χ2n) is 4.69. The summed E-state index contributed by atoms with van der Waals surface area (Å²) in [6.07, 6.45) is 0. The topological polar surface area (TPSA) is 24.9 Å². The van der Waals surface area contributed by atoms with Crippen molar-refractivity contribution in [3.05, 3.63) is 63.3 Å². The highest BCUT2D eigenvalue weighted by atomic mass is 32.1. The maximum absolute atomic E-state index is 4.69. The molecule has 0 saturated carbocycles. The van der Waals surface area contributed by atoms with Gasteiger partial charge in [-0.3, -0.25) is 0 Å². The van der Waals surface area contributed by atoms with E-state index in [1.807, 2.05) is 0 Å². The van der Waals surface area contributed by atoms with Gasteiger partial charge in [0, 0.05) is 28.9 Å². The maximum atomic E-state index is 4.69. The molecule has 0 fully saturated rings. The number of rotatable bonds is 5. The molecule has 4 heteroatoms. The first-order chi connectivity index (χ1) is 9.81. The van der Waals surface area contributed by atoms with Crippen LogP contribution in [0.15, 0.2) is 47.2 Å². The Labute approximate surface area is 127 Å². The van der Waals surface area contributed by atoms with Gasteiger partial charge in [0.1, 0.15) is 5.01 Å². The zero-order chi connectivity index (χ0) is 13.8. The van der Waals surface area contributed by atoms with Crippen molar-refractivity contribution in [1.29, 1.82) is 0 Å². The molecule has 3 aromatic rings. The molecule has 0 aliphatic rings. The van der Waals surface area contributed by atoms with Crippen molar-refractivity contribution in [2.45, 2.75) is 20.0 Å². The predicted molar refractivity (Wildman–Crippen MR) is 87.1 cm³/mol. The van der Waals surface area contributed by atoms with Crippen LogP contribution in [0.4, 0.5) is 0 Å². The van der Waals surface area contributed by atoms with E-state index in [4.69, 9.17) is 0 Å². The van der Waals surface area contributed by atoms with Crippen molar-refractivity contribution in [2.24, 2.45) is 0 Å². The summed E-state index contributed by atoms with van der Waals surface area (Å²) in [5.74, 6) is 0. The first kappa shape index (κ1) is 13.5. The molecule has 0 saturated heterocycles. The zero-order valence-corrected chi connectivity index (χ0v) is 12.9. The van der Waals surface area contributed by atoms with E-state index in [1.54, 1.807) is 22.7 Å². The second kappa shape index (κ2) is 6.31. The van der Waals surface area contributed by atoms with Gasteiger partial charge in [-0.05, 0) is 18.4 Å². The molecule has 0 atom stereocenters. The van der Waals surface area contributed by atoms with Crippen LogP contribution in [0.5, 0.6) is 0 Å². The highest BCUT2D eigenvalue weighted by molar-refractivity contribution is 7.13. The smallest absolute Gasteiger partial charge is 0.123 e. The monoisotopic (exact) mass is 300 g/mol. The lowest BCUT2D eigenvalue weighted by atomic mass is 10.2. The minimum Gasteiger partial charge on any atom is -0.306 e. The van der Waals surface area contributed by atoms with E-state index in [0.717, 1.165) is 23.8 Å². The van der Waals surface area contributed by atoms with Gasteiger partial charge in [-0.25, -0.2) is 4.98 Å². The fourth-order valence-corrected chi connectivity index (χ4v) is 3.44. The van der Waals surface area contributed by atoms with Crippen LogP contribution in [-0.4, -0.2) is 4.98 Å². The number of nitrogens with zero attached hydrogens (tertiary/aromatic N) is 1. The summed E-state index contributed by atoms with van der Waals surface area (Å²) in [5.41, 5.74) is 3.59. The summed E-state index contributed by atoms with van der Waals surface area (Å²) in [6, 6.07) is 12.8. The molecule has 2 aromatic heterocycles. The SMILES string of the molecule is Cc1ccc(-c2nc(CNCc3cccs3)cs2)cc1. The third-order valence-corrected chi connectivity index (χ3v) is 4.85. The Bertz CT molecular complexity index is 654. The molecule has 3 rings (SSSR count). The summed E-state index contributed by atoms with van der Waals surface area (Å²) in [6.45, 7) is 3.83. The van der Waals surface area contributed by atoms with Gasteiger partial charge in [-0.1, -0.05) is 35.9 Å². The Hall–Kier alpha value is -1.49. The third-order valence-electron chi connectivity index (χ3n) is 3.04. The van der Waals surface area contributed by atoms with Gasteiger partial charge >= 0.3 is 0 Å². The molecule has 20 heavy (non-hydrogen) atoms. The van der Waals surface area contributed by atoms with Gasteiger partial charge in [0.2, 0.25) is 0 Å². The third kappa shape index (κ3) is 3.33. The second-order valence-corrected chi connectivity index (χ2v) is 6.58. The van der Waals surface area contributed by atoms with E-state index >= 15 is 0 Å². The quantitative estimate of drug-likeness (QED) is 0.752. The van der Waals surface area contributed by atoms with E-state index < -0.39 is 0 Å². The first-order valence-corrected chi connectivity index (χ1v) is 8.32. The highest BCUT2D eigenvalue weighted by Gasteiger charge is 2.04. The van der Waals surface area contributed by atoms with Crippen LogP contribution < -0.4 is 5.32 Å². The number of hydrogen-bond donors (Lipinski definition) is 1. The molecule has 2 nitrogen and oxygen atoms in total. The van der Waals surface area contributed by atoms with Crippen LogP contribution in [0.1, 0.15) is 16.1 Å². The standard InChI is InChI=1S/C16H16N2S2/c1-12-4-6-13(7-5-12)16-18-14(11-20-16)9-17-10-15-3-2-8-19-15/h2-8,11,17H,9-10H2,1H3. The van der Waals surface area contributed by atoms with Crippen molar-refractivity contribution in [2.75, 3.05) is 0 Å². The fraction of sp³-hybridized carbons (Fsp3) is 0.188. The summed E-state index contributed by atoms with van der Waals surface area (Å²) in [5, 5.41) is 8.77. The van der Waals surface area contributed by atoms with Crippen molar-refractivity contribution in [1.82, 2.24) is 10.3 Å². The number of aromatic nitrogens is 1. The lowest BCUT2D eigenvalue weighted by Crippen LogP contribution is -2.11. The minimum atomic E-state index is 0.820. The Kier molecular flexibility index (Phi) is 4.25. The molecule has 2 heterocycles. The van der Waals surface area contributed by atoms with Gasteiger partial charge in [0.25, 0.3) is 0 Å². The van der Waals surface area contributed by atoms with Crippen molar-refractivity contribution >= 4 is 22.7 Å². The molecular formula is C16H16N2S2. The average Bonchev–Trinajstić information content (AvgIpc) is 3.11. The van der Waals surface area contributed by atoms with Crippen molar-refractivity contribution in [3.8, 4) is 10.6 Å². The van der Waals surface area contributed by atoms with Crippen LogP contribution in [-0.2, 0) is 13.1 Å². The van der Waals surface area contributed by atoms with E-state index in [9.17, 15) is 0 Å². The Morgan fingerprint density at radius 1 is 1.05 bits per heavy atom. The van der Waals surface area contributed by atoms with E-state index in [-0.39, 0.29) is 0 Å². The summed E-state index contributed by atoms with van der Waals surface area (Å²) in [7, 11) is 0. The minimum absolute atomic E-state index is 0.820. The van der Waals surface area contributed by atoms with Gasteiger partial charge in [0.15, 0.2) is 0 Å². The number of thiazole rings is 1. The van der Waals surface area contributed by atoms with Crippen molar-refractivity contribution in [3.63, 3.8) is 0 Å². The lowest BCUT2D eigenvalue weighted by molar-refractivity contribution is 0.690. The fourth-order valence-electron chi connectivity index (χ4n) is 1.94. The first-order valence-electron chi connectivity index (χ1n) is 6.56. The number of benzene rings is 1. The lowest BCUT2D eigenvalue weighted by Gasteiger charge is -2.00. The Morgan fingerprint density at radius 3 is 2.65 bits per heavy atom. The highest BCUT2D eigenvalue weighted by Crippen LogP contribution is 2.24. The molecular weight excluding hydrogens is 284 g/mol. The maximum Gasteiger partial charge on any atom is 0.123 e. The molecule has 0 bridgehead atoms. The van der Waals surface area contributed by atoms with Crippen LogP contribution in [0.25, 0.3) is 10.6 Å². The normalized spacial score (nSPS) is 10.8. The number of nitrogens with one attached hydrogen (secondary N) is 1. The molecule has 1 N–H and O–H groups in total. The van der Waals surface area contributed by atoms with E-state index in [0.29, 0.717) is 0 Å². The van der Waals surface area contributed by atoms with E-state index in [2.05, 4.69) is 64.4 Å². The molecule has 0 spiro atoms. The van der Waals surface area contributed by atoms with Gasteiger partial charge in [0.05, 0.1) is 5.69 Å². The van der Waals surface area contributed by atoms with Crippen LogP contribution in [0.3, 0.4) is 0 Å². The molecule has 0 amide bonds. The Morgan fingerprint density at radius 2 is 1.90 bits per heavy atom. The molecule has 1 aromatic carbocycles. The largest absolute Gasteiger partial charge is 0.306 e. The van der Waals surface area contributed by atoms with Crippen LogP contribution in [0.2, 0.25) is 0 Å². The van der Waals surface area contributed by atoms with Crippen LogP contribution >= 0.6 is 22.7 Å².